The molecule has 5 heteroatoms. The summed E-state index contributed by atoms with van der Waals surface area (Å²) in [5, 5.41) is 0.708. The summed E-state index contributed by atoms with van der Waals surface area (Å²) in [5.41, 5.74) is 3.24. The molecule has 2 aromatic carbocycles. The monoisotopic (exact) mass is 352 g/mol. The smallest absolute Gasteiger partial charge is 0.339 e. The van der Waals surface area contributed by atoms with Crippen molar-refractivity contribution in [1.29, 1.82) is 0 Å². The van der Waals surface area contributed by atoms with E-state index in [1.165, 1.54) is 0 Å². The molecule has 0 saturated heterocycles. The Balaban J connectivity index is 1.42. The van der Waals surface area contributed by atoms with Crippen LogP contribution in [0.1, 0.15) is 53.3 Å². The molecule has 2 aliphatic rings. The first-order valence-electron chi connectivity index (χ1n) is 8.63. The van der Waals surface area contributed by atoms with Gasteiger partial charge in [0.2, 0.25) is 0 Å². The Kier molecular flexibility index (Phi) is 3.19. The lowest BCUT2D eigenvalue weighted by Gasteiger charge is -2.35. The second-order valence-corrected chi connectivity index (χ2v) is 7.42. The molecular weight excluding hydrogens is 336 g/mol. The molecule has 0 radical (unpaired) electrons. The van der Waals surface area contributed by atoms with Crippen LogP contribution in [0.25, 0.3) is 11.0 Å². The maximum Gasteiger partial charge on any atom is 0.339 e. The number of imidazole rings is 1. The van der Waals surface area contributed by atoms with Crippen LogP contribution in [0.4, 0.5) is 0 Å². The normalized spacial score (nSPS) is 25.3. The molecule has 3 aromatic rings. The van der Waals surface area contributed by atoms with Crippen LogP contribution in [0.15, 0.2) is 42.5 Å². The van der Waals surface area contributed by atoms with Gasteiger partial charge in [0.15, 0.2) is 0 Å². The standard InChI is InChI=1S/C20H17ClN2O2/c21-13-5-6-16-17(11-13)23-18(22-16)12-7-9-20(10-8-12)15-4-2-1-3-14(15)19(24)25-20/h1-6,11-12H,7-10H2,(H,22,23). The summed E-state index contributed by atoms with van der Waals surface area (Å²) >= 11 is 6.06. The minimum atomic E-state index is -0.445. The Labute approximate surface area is 150 Å². The predicted octanol–water partition coefficient (Wildman–Crippen LogP) is 4.94. The second-order valence-electron chi connectivity index (χ2n) is 6.99. The molecule has 25 heavy (non-hydrogen) atoms. The van der Waals surface area contributed by atoms with Gasteiger partial charge in [0.1, 0.15) is 11.4 Å². The first kappa shape index (κ1) is 15.0. The molecule has 126 valence electrons. The van der Waals surface area contributed by atoms with Crippen LogP contribution in [-0.2, 0) is 10.3 Å². The molecule has 1 aliphatic carbocycles. The first-order valence-corrected chi connectivity index (χ1v) is 9.00. The predicted molar refractivity (Wildman–Crippen MR) is 95.8 cm³/mol. The van der Waals surface area contributed by atoms with Gasteiger partial charge in [0, 0.05) is 16.5 Å². The number of nitrogens with one attached hydrogen (secondary N) is 1. The maximum atomic E-state index is 12.2. The number of fused-ring (bicyclic) bond motifs is 3. The summed E-state index contributed by atoms with van der Waals surface area (Å²) in [6.45, 7) is 0. The van der Waals surface area contributed by atoms with Gasteiger partial charge in [0.25, 0.3) is 0 Å². The fraction of sp³-hybridized carbons (Fsp3) is 0.300. The van der Waals surface area contributed by atoms with Crippen LogP contribution < -0.4 is 0 Å². The van der Waals surface area contributed by atoms with Crippen molar-refractivity contribution in [2.75, 3.05) is 0 Å². The number of esters is 1. The molecule has 1 aliphatic heterocycles. The van der Waals surface area contributed by atoms with Crippen LogP contribution in [-0.4, -0.2) is 15.9 Å². The second kappa shape index (κ2) is 5.33. The summed E-state index contributed by atoms with van der Waals surface area (Å²) in [6.07, 6.45) is 3.54. The molecule has 1 saturated carbocycles. The molecule has 2 heterocycles. The molecule has 5 rings (SSSR count). The molecule has 4 nitrogen and oxygen atoms in total. The average Bonchev–Trinajstić information content (AvgIpc) is 3.16. The number of benzene rings is 2. The van der Waals surface area contributed by atoms with Gasteiger partial charge in [-0.3, -0.25) is 0 Å². The number of halogens is 1. The van der Waals surface area contributed by atoms with E-state index in [2.05, 4.69) is 4.98 Å². The van der Waals surface area contributed by atoms with Gasteiger partial charge < -0.3 is 9.72 Å². The molecule has 0 atom stereocenters. The molecule has 0 amide bonds. The van der Waals surface area contributed by atoms with Gasteiger partial charge in [-0.1, -0.05) is 29.8 Å². The summed E-state index contributed by atoms with van der Waals surface area (Å²) in [5.74, 6) is 1.17. The van der Waals surface area contributed by atoms with E-state index in [0.717, 1.165) is 53.7 Å². The van der Waals surface area contributed by atoms with Crippen molar-refractivity contribution in [3.63, 3.8) is 0 Å². The average molecular weight is 353 g/mol. The van der Waals surface area contributed by atoms with Crippen LogP contribution in [0.3, 0.4) is 0 Å². The van der Waals surface area contributed by atoms with E-state index in [0.29, 0.717) is 10.9 Å². The van der Waals surface area contributed by atoms with Crippen LogP contribution in [0.2, 0.25) is 5.02 Å². The zero-order valence-corrected chi connectivity index (χ0v) is 14.3. The number of rotatable bonds is 1. The summed E-state index contributed by atoms with van der Waals surface area (Å²) in [6, 6.07) is 13.5. The van der Waals surface area contributed by atoms with E-state index in [-0.39, 0.29) is 5.97 Å². The summed E-state index contributed by atoms with van der Waals surface area (Å²) in [4.78, 5) is 20.3. The quantitative estimate of drug-likeness (QED) is 0.631. The van der Waals surface area contributed by atoms with E-state index in [1.807, 2.05) is 42.5 Å². The maximum absolute atomic E-state index is 12.2. The fourth-order valence-corrected chi connectivity index (χ4v) is 4.44. The van der Waals surface area contributed by atoms with Gasteiger partial charge in [-0.15, -0.1) is 0 Å². The minimum absolute atomic E-state index is 0.188. The Morgan fingerprint density at radius 2 is 1.96 bits per heavy atom. The van der Waals surface area contributed by atoms with E-state index < -0.39 is 5.60 Å². The molecule has 1 fully saturated rings. The molecular formula is C20H17ClN2O2. The highest BCUT2D eigenvalue weighted by molar-refractivity contribution is 6.31. The largest absolute Gasteiger partial charge is 0.451 e. The van der Waals surface area contributed by atoms with E-state index in [1.54, 1.807) is 0 Å². The van der Waals surface area contributed by atoms with Gasteiger partial charge in [-0.05, 0) is 49.9 Å². The number of carbonyl (C=O) groups excluding carboxylic acids is 1. The number of nitrogens with zero attached hydrogens (tertiary/aromatic N) is 1. The zero-order chi connectivity index (χ0) is 17.0. The zero-order valence-electron chi connectivity index (χ0n) is 13.6. The highest BCUT2D eigenvalue weighted by atomic mass is 35.5. The van der Waals surface area contributed by atoms with Crippen molar-refractivity contribution in [2.45, 2.75) is 37.2 Å². The van der Waals surface area contributed by atoms with Crippen molar-refractivity contribution in [3.05, 3.63) is 64.4 Å². The summed E-state index contributed by atoms with van der Waals surface area (Å²) < 4.78 is 5.83. The van der Waals surface area contributed by atoms with E-state index in [9.17, 15) is 4.79 Å². The highest BCUT2D eigenvalue weighted by Gasteiger charge is 2.47. The first-order chi connectivity index (χ1) is 12.1. The van der Waals surface area contributed by atoms with Crippen molar-refractivity contribution in [1.82, 2.24) is 9.97 Å². The van der Waals surface area contributed by atoms with Gasteiger partial charge >= 0.3 is 5.97 Å². The molecule has 1 spiro atoms. The Morgan fingerprint density at radius 3 is 2.80 bits per heavy atom. The number of ether oxygens (including phenoxy) is 1. The van der Waals surface area contributed by atoms with Gasteiger partial charge in [-0.2, -0.15) is 0 Å². The SMILES string of the molecule is O=C1OC2(CCC(c3nc4ccc(Cl)cc4[nH]3)CC2)c2ccccc21. The molecule has 0 bridgehead atoms. The van der Waals surface area contributed by atoms with E-state index >= 15 is 0 Å². The Bertz CT molecular complexity index is 986. The number of aromatic nitrogens is 2. The number of H-pyrrole nitrogens is 1. The van der Waals surface area contributed by atoms with Crippen LogP contribution in [0.5, 0.6) is 0 Å². The Morgan fingerprint density at radius 1 is 1.16 bits per heavy atom. The number of carbonyl (C=O) groups is 1. The van der Waals surface area contributed by atoms with Crippen molar-refractivity contribution in [2.24, 2.45) is 0 Å². The van der Waals surface area contributed by atoms with Gasteiger partial charge in [0.05, 0.1) is 16.6 Å². The number of hydrogen-bond acceptors (Lipinski definition) is 3. The number of hydrogen-bond donors (Lipinski definition) is 1. The summed E-state index contributed by atoms with van der Waals surface area (Å²) in [7, 11) is 0. The lowest BCUT2D eigenvalue weighted by atomic mass is 9.75. The van der Waals surface area contributed by atoms with Crippen molar-refractivity contribution in [3.8, 4) is 0 Å². The fourth-order valence-electron chi connectivity index (χ4n) is 4.27. The third kappa shape index (κ3) is 2.28. The van der Waals surface area contributed by atoms with E-state index in [4.69, 9.17) is 21.3 Å². The highest BCUT2D eigenvalue weighted by Crippen LogP contribution is 2.49. The molecule has 1 N–H and O–H groups in total. The van der Waals surface area contributed by atoms with Crippen LogP contribution >= 0.6 is 11.6 Å². The van der Waals surface area contributed by atoms with Crippen LogP contribution in [0, 0.1) is 0 Å². The van der Waals surface area contributed by atoms with Crippen molar-refractivity contribution >= 4 is 28.6 Å². The third-order valence-corrected chi connectivity index (χ3v) is 5.80. The molecule has 1 aromatic heterocycles. The minimum Gasteiger partial charge on any atom is -0.451 e. The topological polar surface area (TPSA) is 55.0 Å². The lowest BCUT2D eigenvalue weighted by Crippen LogP contribution is -2.31. The molecule has 0 unspecified atom stereocenters. The number of aromatic amines is 1. The lowest BCUT2D eigenvalue weighted by molar-refractivity contribution is -0.0312. The van der Waals surface area contributed by atoms with Gasteiger partial charge in [-0.25, -0.2) is 9.78 Å². The third-order valence-electron chi connectivity index (χ3n) is 5.57. The van der Waals surface area contributed by atoms with Crippen molar-refractivity contribution < 1.29 is 9.53 Å². The Hall–Kier alpha value is -2.33.